The van der Waals surface area contributed by atoms with Crippen LogP contribution in [0.15, 0.2) is 47.0 Å². The quantitative estimate of drug-likeness (QED) is 0.477. The van der Waals surface area contributed by atoms with Crippen LogP contribution in [0.1, 0.15) is 36.4 Å². The molecule has 0 aliphatic rings. The van der Waals surface area contributed by atoms with E-state index in [4.69, 9.17) is 4.52 Å². The fourth-order valence-corrected chi connectivity index (χ4v) is 2.73. The summed E-state index contributed by atoms with van der Waals surface area (Å²) in [7, 11) is 0. The van der Waals surface area contributed by atoms with Gasteiger partial charge in [-0.2, -0.15) is 4.98 Å². The lowest BCUT2D eigenvalue weighted by Gasteiger charge is -2.13. The average Bonchev–Trinajstić information content (AvgIpc) is 3.17. The first-order valence-corrected chi connectivity index (χ1v) is 8.96. The lowest BCUT2D eigenvalue weighted by Crippen LogP contribution is -2.26. The maximum Gasteiger partial charge on any atom is 0.269 e. The highest BCUT2D eigenvalue weighted by atomic mass is 19.1. The predicted molar refractivity (Wildman–Crippen MR) is 102 cm³/mol. The van der Waals surface area contributed by atoms with Crippen molar-refractivity contribution >= 4 is 11.6 Å². The normalized spacial score (nSPS) is 11.8. The van der Waals surface area contributed by atoms with Gasteiger partial charge in [-0.15, -0.1) is 0 Å². The molecule has 0 saturated heterocycles. The van der Waals surface area contributed by atoms with Crippen molar-refractivity contribution in [2.24, 2.45) is 0 Å². The van der Waals surface area contributed by atoms with Crippen molar-refractivity contribution in [3.63, 3.8) is 0 Å². The molecule has 0 fully saturated rings. The van der Waals surface area contributed by atoms with Crippen LogP contribution >= 0.6 is 0 Å². The van der Waals surface area contributed by atoms with E-state index in [2.05, 4.69) is 15.5 Å². The molecule has 1 unspecified atom stereocenters. The van der Waals surface area contributed by atoms with E-state index >= 15 is 0 Å². The van der Waals surface area contributed by atoms with Gasteiger partial charge in [0, 0.05) is 30.5 Å². The number of hydrogen-bond acceptors (Lipinski definition) is 6. The predicted octanol–water partition coefficient (Wildman–Crippen LogP) is 3.90. The lowest BCUT2D eigenvalue weighted by atomic mass is 10.1. The van der Waals surface area contributed by atoms with Crippen LogP contribution in [0.5, 0.6) is 0 Å². The first-order chi connectivity index (χ1) is 13.8. The van der Waals surface area contributed by atoms with E-state index in [9.17, 15) is 19.3 Å². The van der Waals surface area contributed by atoms with Crippen LogP contribution < -0.4 is 5.32 Å². The number of nitro benzene ring substituents is 1. The zero-order valence-electron chi connectivity index (χ0n) is 15.9. The molecule has 0 spiro atoms. The highest BCUT2D eigenvalue weighted by Gasteiger charge is 2.15. The average molecular weight is 398 g/mol. The molecule has 1 N–H and O–H groups in total. The summed E-state index contributed by atoms with van der Waals surface area (Å²) in [6, 6.07) is 10.4. The molecular weight excluding hydrogens is 379 g/mol. The van der Waals surface area contributed by atoms with E-state index in [-0.39, 0.29) is 42.0 Å². The van der Waals surface area contributed by atoms with E-state index in [1.54, 1.807) is 38.1 Å². The highest BCUT2D eigenvalue weighted by molar-refractivity contribution is 5.76. The fraction of sp³-hybridized carbons (Fsp3) is 0.250. The highest BCUT2D eigenvalue weighted by Crippen LogP contribution is 2.20. The summed E-state index contributed by atoms with van der Waals surface area (Å²) >= 11 is 0. The van der Waals surface area contributed by atoms with E-state index in [1.807, 2.05) is 0 Å². The Morgan fingerprint density at radius 1 is 1.31 bits per heavy atom. The van der Waals surface area contributed by atoms with Gasteiger partial charge in [0.25, 0.3) is 5.69 Å². The van der Waals surface area contributed by atoms with Crippen LogP contribution in [0.2, 0.25) is 0 Å². The van der Waals surface area contributed by atoms with Gasteiger partial charge in [-0.3, -0.25) is 14.9 Å². The van der Waals surface area contributed by atoms with Crippen molar-refractivity contribution in [3.05, 3.63) is 75.4 Å². The molecule has 29 heavy (non-hydrogen) atoms. The van der Waals surface area contributed by atoms with Crippen molar-refractivity contribution < 1.29 is 18.6 Å². The molecule has 3 rings (SSSR count). The van der Waals surface area contributed by atoms with Crippen molar-refractivity contribution in [1.82, 2.24) is 15.5 Å². The Hall–Kier alpha value is -3.62. The van der Waals surface area contributed by atoms with Gasteiger partial charge >= 0.3 is 0 Å². The number of rotatable bonds is 7. The first kappa shape index (κ1) is 20.1. The molecule has 0 aliphatic heterocycles. The second kappa shape index (κ2) is 8.59. The monoisotopic (exact) mass is 398 g/mol. The summed E-state index contributed by atoms with van der Waals surface area (Å²) < 4.78 is 18.8. The van der Waals surface area contributed by atoms with Crippen molar-refractivity contribution in [1.29, 1.82) is 0 Å². The van der Waals surface area contributed by atoms with Crippen LogP contribution in [0, 0.1) is 22.9 Å². The largest absolute Gasteiger partial charge is 0.350 e. The number of nitrogens with one attached hydrogen (secondary N) is 1. The summed E-state index contributed by atoms with van der Waals surface area (Å²) in [5.41, 5.74) is 1.61. The number of aromatic nitrogens is 2. The number of aryl methyl sites for hydroxylation is 2. The standard InChI is InChI=1S/C20H19FN4O4/c1-12-6-7-15(11-17(12)21)20-23-19(29-24-20)9-8-18(26)22-13(2)14-4-3-5-16(10-14)25(27)28/h3-7,10-11,13H,8-9H2,1-2H3,(H,22,26). The Bertz CT molecular complexity index is 1050. The molecule has 9 heteroatoms. The van der Waals surface area contributed by atoms with Crippen molar-refractivity contribution in [2.75, 3.05) is 0 Å². The molecule has 3 aromatic rings. The molecule has 150 valence electrons. The molecule has 1 atom stereocenters. The number of amides is 1. The molecule has 2 aromatic carbocycles. The summed E-state index contributed by atoms with van der Waals surface area (Å²) in [5.74, 6) is -0.100. The van der Waals surface area contributed by atoms with Gasteiger partial charge in [-0.05, 0) is 31.0 Å². The Labute approximate surface area is 165 Å². The summed E-state index contributed by atoms with van der Waals surface area (Å²) in [6.07, 6.45) is 0.317. The van der Waals surface area contributed by atoms with Gasteiger partial charge in [0.15, 0.2) is 0 Å². The Kier molecular flexibility index (Phi) is 5.96. The van der Waals surface area contributed by atoms with Crippen molar-refractivity contribution in [2.45, 2.75) is 32.7 Å². The second-order valence-corrected chi connectivity index (χ2v) is 6.62. The zero-order valence-corrected chi connectivity index (χ0v) is 15.9. The number of halogens is 1. The Morgan fingerprint density at radius 2 is 2.10 bits per heavy atom. The van der Waals surface area contributed by atoms with Crippen LogP contribution in [0.4, 0.5) is 10.1 Å². The zero-order chi connectivity index (χ0) is 21.0. The Morgan fingerprint density at radius 3 is 2.83 bits per heavy atom. The number of nitro groups is 1. The van der Waals surface area contributed by atoms with Gasteiger partial charge in [-0.1, -0.05) is 29.4 Å². The maximum absolute atomic E-state index is 13.7. The Balaban J connectivity index is 1.57. The van der Waals surface area contributed by atoms with Gasteiger partial charge in [-0.25, -0.2) is 4.39 Å². The first-order valence-electron chi connectivity index (χ1n) is 8.96. The van der Waals surface area contributed by atoms with Gasteiger partial charge < -0.3 is 9.84 Å². The minimum atomic E-state index is -0.481. The molecular formula is C20H19FN4O4. The summed E-state index contributed by atoms with van der Waals surface area (Å²) in [6.45, 7) is 3.40. The number of benzene rings is 2. The van der Waals surface area contributed by atoms with Crippen LogP contribution in [0.3, 0.4) is 0 Å². The lowest BCUT2D eigenvalue weighted by molar-refractivity contribution is -0.384. The molecule has 8 nitrogen and oxygen atoms in total. The fourth-order valence-electron chi connectivity index (χ4n) is 2.73. The van der Waals surface area contributed by atoms with Crippen molar-refractivity contribution in [3.8, 4) is 11.4 Å². The van der Waals surface area contributed by atoms with Crippen LogP contribution in [-0.2, 0) is 11.2 Å². The topological polar surface area (TPSA) is 111 Å². The van der Waals surface area contributed by atoms with Crippen LogP contribution in [-0.4, -0.2) is 21.0 Å². The van der Waals surface area contributed by atoms with E-state index < -0.39 is 11.0 Å². The number of carbonyl (C=O) groups excluding carboxylic acids is 1. The third kappa shape index (κ3) is 5.01. The summed E-state index contributed by atoms with van der Waals surface area (Å²) in [5, 5.41) is 17.5. The number of non-ortho nitro benzene ring substituents is 1. The molecule has 0 saturated carbocycles. The maximum atomic E-state index is 13.7. The third-order valence-corrected chi connectivity index (χ3v) is 4.42. The third-order valence-electron chi connectivity index (χ3n) is 4.42. The summed E-state index contributed by atoms with van der Waals surface area (Å²) in [4.78, 5) is 26.8. The molecule has 0 bridgehead atoms. The number of carbonyl (C=O) groups is 1. The van der Waals surface area contributed by atoms with E-state index in [1.165, 1.54) is 18.2 Å². The smallest absolute Gasteiger partial charge is 0.269 e. The number of nitrogens with zero attached hydrogens (tertiary/aromatic N) is 3. The molecule has 1 amide bonds. The minimum Gasteiger partial charge on any atom is -0.350 e. The van der Waals surface area contributed by atoms with Crippen LogP contribution in [0.25, 0.3) is 11.4 Å². The molecule has 0 aliphatic carbocycles. The van der Waals surface area contributed by atoms with Gasteiger partial charge in [0.2, 0.25) is 17.6 Å². The number of hydrogen-bond donors (Lipinski definition) is 1. The second-order valence-electron chi connectivity index (χ2n) is 6.62. The minimum absolute atomic E-state index is 0.0328. The van der Waals surface area contributed by atoms with E-state index in [0.29, 0.717) is 16.7 Å². The van der Waals surface area contributed by atoms with Gasteiger partial charge in [0.1, 0.15) is 5.82 Å². The molecule has 1 aromatic heterocycles. The van der Waals surface area contributed by atoms with E-state index in [0.717, 1.165) is 0 Å². The SMILES string of the molecule is Cc1ccc(-c2noc(CCC(=O)NC(C)c3cccc([N+](=O)[O-])c3)n2)cc1F. The molecule has 0 radical (unpaired) electrons. The molecule has 1 heterocycles. The van der Waals surface area contributed by atoms with Gasteiger partial charge in [0.05, 0.1) is 11.0 Å².